The van der Waals surface area contributed by atoms with Gasteiger partial charge in [0.1, 0.15) is 0 Å². The van der Waals surface area contributed by atoms with Gasteiger partial charge in [0.25, 0.3) is 0 Å². The molecule has 0 N–H and O–H groups in total. The molecule has 17 heavy (non-hydrogen) atoms. The maximum absolute atomic E-state index is 12.0. The van der Waals surface area contributed by atoms with E-state index in [0.29, 0.717) is 19.4 Å². The zero-order valence-electron chi connectivity index (χ0n) is 10.5. The highest BCUT2D eigenvalue weighted by molar-refractivity contribution is 7.89. The second-order valence-electron chi connectivity index (χ2n) is 4.39. The summed E-state index contributed by atoms with van der Waals surface area (Å²) in [4.78, 5) is 11.4. The molecule has 1 unspecified atom stereocenters. The molecule has 1 rings (SSSR count). The maximum Gasteiger partial charge on any atom is 0.309 e. The highest BCUT2D eigenvalue weighted by Crippen LogP contribution is 2.20. The van der Waals surface area contributed by atoms with E-state index in [1.54, 1.807) is 0 Å². The summed E-state index contributed by atoms with van der Waals surface area (Å²) in [6.07, 6.45) is 2.97. The summed E-state index contributed by atoms with van der Waals surface area (Å²) in [5.41, 5.74) is 0. The summed E-state index contributed by atoms with van der Waals surface area (Å²) >= 11 is 0. The molecule has 0 aromatic rings. The molecule has 1 atom stereocenters. The van der Waals surface area contributed by atoms with Crippen LogP contribution < -0.4 is 0 Å². The number of carbonyl (C=O) groups is 1. The average molecular weight is 263 g/mol. The van der Waals surface area contributed by atoms with Gasteiger partial charge in [0.05, 0.1) is 18.8 Å². The molecule has 5 nitrogen and oxygen atoms in total. The number of carbonyl (C=O) groups excluding carboxylic acids is 1. The first kappa shape index (κ1) is 14.4. The van der Waals surface area contributed by atoms with Gasteiger partial charge in [-0.25, -0.2) is 12.7 Å². The molecule has 0 bridgehead atoms. The molecule has 0 aliphatic carbocycles. The minimum Gasteiger partial charge on any atom is -0.469 e. The van der Waals surface area contributed by atoms with E-state index < -0.39 is 10.0 Å². The predicted molar refractivity (Wildman–Crippen MR) is 65.0 cm³/mol. The van der Waals surface area contributed by atoms with E-state index >= 15 is 0 Å². The maximum atomic E-state index is 12.0. The summed E-state index contributed by atoms with van der Waals surface area (Å²) < 4.78 is 30.1. The molecule has 1 aliphatic rings. The van der Waals surface area contributed by atoms with Crippen LogP contribution in [0.2, 0.25) is 0 Å². The van der Waals surface area contributed by atoms with Gasteiger partial charge in [0, 0.05) is 13.1 Å². The molecule has 1 fully saturated rings. The third-order valence-electron chi connectivity index (χ3n) is 3.07. The monoisotopic (exact) mass is 263 g/mol. The van der Waals surface area contributed by atoms with Gasteiger partial charge >= 0.3 is 5.97 Å². The summed E-state index contributed by atoms with van der Waals surface area (Å²) in [6.45, 7) is 2.77. The molecule has 1 saturated heterocycles. The number of piperidine rings is 1. The third-order valence-corrected chi connectivity index (χ3v) is 4.99. The average Bonchev–Trinajstić information content (AvgIpc) is 2.35. The lowest BCUT2D eigenvalue weighted by Crippen LogP contribution is -2.43. The number of hydrogen-bond donors (Lipinski definition) is 0. The van der Waals surface area contributed by atoms with E-state index in [1.807, 2.05) is 6.92 Å². The van der Waals surface area contributed by atoms with Gasteiger partial charge in [-0.15, -0.1) is 0 Å². The van der Waals surface area contributed by atoms with Gasteiger partial charge in [-0.1, -0.05) is 13.3 Å². The van der Waals surface area contributed by atoms with Crippen molar-refractivity contribution in [3.05, 3.63) is 0 Å². The fourth-order valence-electron chi connectivity index (χ4n) is 2.01. The van der Waals surface area contributed by atoms with E-state index in [2.05, 4.69) is 4.74 Å². The molecule has 0 aromatic heterocycles. The summed E-state index contributed by atoms with van der Waals surface area (Å²) in [5, 5.41) is 0. The first-order valence-corrected chi connectivity index (χ1v) is 7.67. The minimum absolute atomic E-state index is 0.178. The van der Waals surface area contributed by atoms with Crippen LogP contribution in [0, 0.1) is 5.92 Å². The molecule has 0 aromatic carbocycles. The lowest BCUT2D eigenvalue weighted by molar-refractivity contribution is -0.146. The van der Waals surface area contributed by atoms with Crippen molar-refractivity contribution in [3.63, 3.8) is 0 Å². The van der Waals surface area contributed by atoms with Crippen LogP contribution in [0.25, 0.3) is 0 Å². The van der Waals surface area contributed by atoms with Crippen molar-refractivity contribution >= 4 is 16.0 Å². The van der Waals surface area contributed by atoms with Gasteiger partial charge in [0.2, 0.25) is 10.0 Å². The second-order valence-corrected chi connectivity index (χ2v) is 6.48. The smallest absolute Gasteiger partial charge is 0.309 e. The van der Waals surface area contributed by atoms with Crippen molar-refractivity contribution in [2.24, 2.45) is 5.92 Å². The molecule has 1 heterocycles. The number of hydrogen-bond acceptors (Lipinski definition) is 4. The Hall–Kier alpha value is -0.620. The van der Waals surface area contributed by atoms with E-state index in [-0.39, 0.29) is 24.2 Å². The van der Waals surface area contributed by atoms with Crippen LogP contribution in [0.15, 0.2) is 0 Å². The first-order chi connectivity index (χ1) is 8.01. The Labute approximate surface area is 103 Å². The van der Waals surface area contributed by atoms with Crippen LogP contribution in [0.5, 0.6) is 0 Å². The Kier molecular flexibility index (Phi) is 5.39. The van der Waals surface area contributed by atoms with Gasteiger partial charge in [-0.3, -0.25) is 4.79 Å². The van der Waals surface area contributed by atoms with E-state index in [0.717, 1.165) is 12.8 Å². The van der Waals surface area contributed by atoms with Crippen molar-refractivity contribution in [1.29, 1.82) is 0 Å². The SMILES string of the molecule is CCCCS(=O)(=O)N1CCCC(C(=O)OC)C1. The van der Waals surface area contributed by atoms with Gasteiger partial charge in [-0.2, -0.15) is 0 Å². The highest BCUT2D eigenvalue weighted by Gasteiger charge is 2.32. The van der Waals surface area contributed by atoms with E-state index in [9.17, 15) is 13.2 Å². The molecule has 0 radical (unpaired) electrons. The van der Waals surface area contributed by atoms with Gasteiger partial charge in [0.15, 0.2) is 0 Å². The van der Waals surface area contributed by atoms with E-state index in [4.69, 9.17) is 0 Å². The number of nitrogens with zero attached hydrogens (tertiary/aromatic N) is 1. The molecule has 100 valence electrons. The zero-order chi connectivity index (χ0) is 12.9. The van der Waals surface area contributed by atoms with Crippen LogP contribution in [-0.2, 0) is 19.6 Å². The summed E-state index contributed by atoms with van der Waals surface area (Å²) in [7, 11) is -1.85. The van der Waals surface area contributed by atoms with Crippen molar-refractivity contribution in [2.45, 2.75) is 32.6 Å². The fourth-order valence-corrected chi connectivity index (χ4v) is 3.74. The summed E-state index contributed by atoms with van der Waals surface area (Å²) in [5.74, 6) is -0.428. The lowest BCUT2D eigenvalue weighted by Gasteiger charge is -2.30. The fraction of sp³-hybridized carbons (Fsp3) is 0.909. The van der Waals surface area contributed by atoms with Crippen molar-refractivity contribution in [2.75, 3.05) is 26.0 Å². The standard InChI is InChI=1S/C11H21NO4S/c1-3-4-8-17(14,15)12-7-5-6-10(9-12)11(13)16-2/h10H,3-9H2,1-2H3. The van der Waals surface area contributed by atoms with Crippen molar-refractivity contribution in [1.82, 2.24) is 4.31 Å². The third kappa shape index (κ3) is 3.96. The number of ether oxygens (including phenoxy) is 1. The Bertz CT molecular complexity index is 352. The van der Waals surface area contributed by atoms with Crippen LogP contribution in [0.1, 0.15) is 32.6 Å². The molecule has 0 saturated carbocycles. The molecule has 0 amide bonds. The van der Waals surface area contributed by atoms with Crippen LogP contribution in [-0.4, -0.2) is 44.6 Å². The van der Waals surface area contributed by atoms with Gasteiger partial charge < -0.3 is 4.74 Å². The molecule has 6 heteroatoms. The first-order valence-electron chi connectivity index (χ1n) is 6.07. The van der Waals surface area contributed by atoms with Crippen molar-refractivity contribution in [3.8, 4) is 0 Å². The van der Waals surface area contributed by atoms with Crippen molar-refractivity contribution < 1.29 is 17.9 Å². The Balaban J connectivity index is 2.63. The molecular formula is C11H21NO4S. The number of rotatable bonds is 5. The molecular weight excluding hydrogens is 242 g/mol. The number of methoxy groups -OCH3 is 1. The summed E-state index contributed by atoms with van der Waals surface area (Å²) in [6, 6.07) is 0. The quantitative estimate of drug-likeness (QED) is 0.694. The topological polar surface area (TPSA) is 63.7 Å². The number of esters is 1. The normalized spacial score (nSPS) is 22.4. The lowest BCUT2D eigenvalue weighted by atomic mass is 10.0. The number of unbranched alkanes of at least 4 members (excludes halogenated alkanes) is 1. The second kappa shape index (κ2) is 6.35. The predicted octanol–water partition coefficient (Wildman–Crippen LogP) is 1.00. The van der Waals surface area contributed by atoms with Crippen LogP contribution in [0.3, 0.4) is 0 Å². The molecule has 1 aliphatic heterocycles. The number of sulfonamides is 1. The minimum atomic E-state index is -3.19. The largest absolute Gasteiger partial charge is 0.469 e. The Morgan fingerprint density at radius 1 is 1.47 bits per heavy atom. The Morgan fingerprint density at radius 3 is 2.76 bits per heavy atom. The highest BCUT2D eigenvalue weighted by atomic mass is 32.2. The van der Waals surface area contributed by atoms with Crippen LogP contribution >= 0.6 is 0 Å². The molecule has 0 spiro atoms. The van der Waals surface area contributed by atoms with E-state index in [1.165, 1.54) is 11.4 Å². The van der Waals surface area contributed by atoms with Gasteiger partial charge in [-0.05, 0) is 19.3 Å². The zero-order valence-corrected chi connectivity index (χ0v) is 11.3. The van der Waals surface area contributed by atoms with Crippen LogP contribution in [0.4, 0.5) is 0 Å². The Morgan fingerprint density at radius 2 is 2.18 bits per heavy atom.